The van der Waals surface area contributed by atoms with Crippen molar-refractivity contribution in [2.75, 3.05) is 19.8 Å². The summed E-state index contributed by atoms with van der Waals surface area (Å²) in [6.45, 7) is 6.07. The third-order valence-electron chi connectivity index (χ3n) is 3.48. The van der Waals surface area contributed by atoms with Gasteiger partial charge in [-0.1, -0.05) is 26.7 Å². The predicted molar refractivity (Wildman–Crippen MR) is 69.8 cm³/mol. The van der Waals surface area contributed by atoms with Crippen LogP contribution in [-0.2, 0) is 9.53 Å². The molecule has 0 saturated heterocycles. The zero-order chi connectivity index (χ0) is 13.4. The maximum absolute atomic E-state index is 12.0. The number of hydrogen-bond donors (Lipinski definition) is 1. The van der Waals surface area contributed by atoms with Gasteiger partial charge in [0, 0.05) is 13.2 Å². The van der Waals surface area contributed by atoms with Crippen LogP contribution in [0.5, 0.6) is 0 Å². The Hall–Kier alpha value is -1.08. The fourth-order valence-electron chi connectivity index (χ4n) is 2.20. The lowest BCUT2D eigenvalue weighted by atomic mass is 9.87. The minimum Gasteiger partial charge on any atom is -0.380 e. The van der Waals surface area contributed by atoms with Crippen LogP contribution in [0.25, 0.3) is 0 Å². The lowest BCUT2D eigenvalue weighted by Crippen LogP contribution is -2.39. The lowest BCUT2D eigenvalue weighted by Gasteiger charge is -2.19. The molecule has 1 N–H and O–H groups in total. The number of nitriles is 1. The van der Waals surface area contributed by atoms with Gasteiger partial charge in [0.25, 0.3) is 0 Å². The fraction of sp³-hybridized carbons (Fsp3) is 0.857. The van der Waals surface area contributed by atoms with Gasteiger partial charge in [-0.3, -0.25) is 4.79 Å². The highest BCUT2D eigenvalue weighted by Crippen LogP contribution is 2.37. The second-order valence-corrected chi connectivity index (χ2v) is 5.45. The molecule has 18 heavy (non-hydrogen) atoms. The van der Waals surface area contributed by atoms with Crippen molar-refractivity contribution in [3.63, 3.8) is 0 Å². The molecule has 1 rings (SSSR count). The molecule has 0 spiro atoms. The minimum atomic E-state index is -0.766. The summed E-state index contributed by atoms with van der Waals surface area (Å²) < 4.78 is 5.43. The van der Waals surface area contributed by atoms with Gasteiger partial charge in [0.2, 0.25) is 5.91 Å². The number of carbonyl (C=O) groups is 1. The minimum absolute atomic E-state index is 0.116. The summed E-state index contributed by atoms with van der Waals surface area (Å²) in [4.78, 5) is 12.0. The number of hydrogen-bond acceptors (Lipinski definition) is 3. The molecule has 1 fully saturated rings. The molecule has 102 valence electrons. The van der Waals surface area contributed by atoms with Crippen molar-refractivity contribution in [2.24, 2.45) is 11.3 Å². The number of nitrogens with one attached hydrogen (secondary N) is 1. The predicted octanol–water partition coefficient (Wildman–Crippen LogP) is 2.25. The molecule has 0 heterocycles. The highest BCUT2D eigenvalue weighted by atomic mass is 16.5. The molecule has 4 nitrogen and oxygen atoms in total. The third-order valence-corrected chi connectivity index (χ3v) is 3.48. The Balaban J connectivity index is 2.15. The van der Waals surface area contributed by atoms with Crippen molar-refractivity contribution in [3.05, 3.63) is 0 Å². The molecular weight excluding hydrogens is 228 g/mol. The van der Waals surface area contributed by atoms with E-state index >= 15 is 0 Å². The van der Waals surface area contributed by atoms with E-state index in [1.54, 1.807) is 0 Å². The number of amides is 1. The highest BCUT2D eigenvalue weighted by molar-refractivity contribution is 5.85. The van der Waals surface area contributed by atoms with Crippen LogP contribution in [0.2, 0.25) is 0 Å². The largest absolute Gasteiger partial charge is 0.380 e. The average Bonchev–Trinajstić information content (AvgIpc) is 2.83. The fourth-order valence-corrected chi connectivity index (χ4v) is 2.20. The number of carbonyl (C=O) groups excluding carboxylic acids is 1. The first-order chi connectivity index (χ1) is 8.60. The van der Waals surface area contributed by atoms with Crippen LogP contribution < -0.4 is 5.32 Å². The van der Waals surface area contributed by atoms with Gasteiger partial charge in [0.15, 0.2) is 0 Å². The van der Waals surface area contributed by atoms with E-state index in [0.717, 1.165) is 25.9 Å². The Kier molecular flexibility index (Phi) is 6.14. The summed E-state index contributed by atoms with van der Waals surface area (Å²) in [5.41, 5.74) is -0.766. The molecule has 0 aromatic carbocycles. The summed E-state index contributed by atoms with van der Waals surface area (Å²) >= 11 is 0. The molecule has 0 unspecified atom stereocenters. The van der Waals surface area contributed by atoms with E-state index in [-0.39, 0.29) is 5.91 Å². The standard InChI is InChI=1S/C14H24N2O2/c1-12(2)5-9-18-10-8-16-13(17)14(11-15)6-3-4-7-14/h12H,3-10H2,1-2H3,(H,16,17). The van der Waals surface area contributed by atoms with Crippen LogP contribution in [-0.4, -0.2) is 25.7 Å². The van der Waals surface area contributed by atoms with Crippen LogP contribution in [0.4, 0.5) is 0 Å². The van der Waals surface area contributed by atoms with Crippen molar-refractivity contribution in [3.8, 4) is 6.07 Å². The van der Waals surface area contributed by atoms with Gasteiger partial charge in [0.05, 0.1) is 12.7 Å². The maximum Gasteiger partial charge on any atom is 0.240 e. The third kappa shape index (κ3) is 4.30. The zero-order valence-corrected chi connectivity index (χ0v) is 11.5. The van der Waals surface area contributed by atoms with E-state index in [9.17, 15) is 4.79 Å². The molecule has 1 saturated carbocycles. The molecule has 1 aliphatic rings. The second-order valence-electron chi connectivity index (χ2n) is 5.45. The molecule has 0 aromatic heterocycles. The van der Waals surface area contributed by atoms with Gasteiger partial charge < -0.3 is 10.1 Å². The summed E-state index contributed by atoms with van der Waals surface area (Å²) in [6, 6.07) is 2.19. The Bertz CT molecular complexity index is 301. The van der Waals surface area contributed by atoms with Crippen LogP contribution in [0.1, 0.15) is 46.0 Å². The van der Waals surface area contributed by atoms with Crippen LogP contribution >= 0.6 is 0 Å². The number of ether oxygens (including phenoxy) is 1. The lowest BCUT2D eigenvalue weighted by molar-refractivity contribution is -0.128. The molecule has 1 amide bonds. The summed E-state index contributed by atoms with van der Waals surface area (Å²) in [5.74, 6) is 0.523. The molecule has 0 aromatic rings. The van der Waals surface area contributed by atoms with Gasteiger partial charge in [-0.2, -0.15) is 5.26 Å². The van der Waals surface area contributed by atoms with Crippen molar-refractivity contribution in [1.29, 1.82) is 5.26 Å². The Labute approximate surface area is 110 Å². The quantitative estimate of drug-likeness (QED) is 0.707. The normalized spacial score (nSPS) is 17.7. The topological polar surface area (TPSA) is 62.1 Å². The average molecular weight is 252 g/mol. The number of rotatable bonds is 7. The van der Waals surface area contributed by atoms with Crippen molar-refractivity contribution >= 4 is 5.91 Å². The van der Waals surface area contributed by atoms with Gasteiger partial charge in [0.1, 0.15) is 5.41 Å². The first kappa shape index (κ1) is 15.0. The van der Waals surface area contributed by atoms with E-state index in [2.05, 4.69) is 25.2 Å². The van der Waals surface area contributed by atoms with Crippen molar-refractivity contribution < 1.29 is 9.53 Å². The van der Waals surface area contributed by atoms with Gasteiger partial charge >= 0.3 is 0 Å². The smallest absolute Gasteiger partial charge is 0.240 e. The monoisotopic (exact) mass is 252 g/mol. The summed E-state index contributed by atoms with van der Waals surface area (Å²) in [6.07, 6.45) is 4.39. The van der Waals surface area contributed by atoms with Gasteiger partial charge in [-0.25, -0.2) is 0 Å². The van der Waals surface area contributed by atoms with Crippen molar-refractivity contribution in [1.82, 2.24) is 5.32 Å². The molecule has 0 radical (unpaired) electrons. The first-order valence-corrected chi connectivity index (χ1v) is 6.88. The SMILES string of the molecule is CC(C)CCOCCNC(=O)C1(C#N)CCCC1. The van der Waals surface area contributed by atoms with E-state index in [1.807, 2.05) is 0 Å². The van der Waals surface area contributed by atoms with Crippen LogP contribution in [0, 0.1) is 22.7 Å². The maximum atomic E-state index is 12.0. The molecule has 0 aliphatic heterocycles. The number of nitrogens with zero attached hydrogens (tertiary/aromatic N) is 1. The molecule has 4 heteroatoms. The van der Waals surface area contributed by atoms with Crippen LogP contribution in [0.15, 0.2) is 0 Å². The Morgan fingerprint density at radius 1 is 1.39 bits per heavy atom. The molecule has 0 atom stereocenters. The van der Waals surface area contributed by atoms with Crippen molar-refractivity contribution in [2.45, 2.75) is 46.0 Å². The first-order valence-electron chi connectivity index (χ1n) is 6.88. The van der Waals surface area contributed by atoms with E-state index in [1.165, 1.54) is 0 Å². The second kappa shape index (κ2) is 7.38. The summed E-state index contributed by atoms with van der Waals surface area (Å²) in [7, 11) is 0. The Morgan fingerprint density at radius 3 is 2.61 bits per heavy atom. The van der Waals surface area contributed by atoms with E-state index < -0.39 is 5.41 Å². The molecular formula is C14H24N2O2. The van der Waals surface area contributed by atoms with Gasteiger partial charge in [-0.15, -0.1) is 0 Å². The van der Waals surface area contributed by atoms with E-state index in [0.29, 0.717) is 31.9 Å². The zero-order valence-electron chi connectivity index (χ0n) is 11.5. The van der Waals surface area contributed by atoms with Crippen LogP contribution in [0.3, 0.4) is 0 Å². The van der Waals surface area contributed by atoms with E-state index in [4.69, 9.17) is 10.00 Å². The molecule has 1 aliphatic carbocycles. The van der Waals surface area contributed by atoms with Gasteiger partial charge in [-0.05, 0) is 25.2 Å². The summed E-state index contributed by atoms with van der Waals surface area (Å²) in [5, 5.41) is 12.0. The Morgan fingerprint density at radius 2 is 2.06 bits per heavy atom. The molecule has 0 bridgehead atoms. The highest BCUT2D eigenvalue weighted by Gasteiger charge is 2.41.